The molecule has 0 aliphatic heterocycles. The number of hydrazine groups is 1. The van der Waals surface area contributed by atoms with Crippen molar-refractivity contribution in [3.63, 3.8) is 0 Å². The van der Waals surface area contributed by atoms with E-state index in [1.807, 2.05) is 0 Å². The Morgan fingerprint density at radius 3 is 2.41 bits per heavy atom. The van der Waals surface area contributed by atoms with Gasteiger partial charge in [-0.3, -0.25) is 15.6 Å². The minimum Gasteiger partial charge on any atom is -0.393 e. The second-order valence-electron chi connectivity index (χ2n) is 5.27. The van der Waals surface area contributed by atoms with Gasteiger partial charge >= 0.3 is 0 Å². The molecule has 0 radical (unpaired) electrons. The molecule has 1 amide bonds. The van der Waals surface area contributed by atoms with E-state index in [0.717, 1.165) is 0 Å². The number of rotatable bonds is 5. The summed E-state index contributed by atoms with van der Waals surface area (Å²) in [5.74, 6) is 0.0562. The van der Waals surface area contributed by atoms with Gasteiger partial charge in [0.2, 0.25) is 0 Å². The van der Waals surface area contributed by atoms with Crippen LogP contribution < -0.4 is 21.9 Å². The average molecular weight is 424 g/mol. The molecule has 7 nitrogen and oxygen atoms in total. The fourth-order valence-electron chi connectivity index (χ4n) is 2.15. The molecule has 0 atom stereocenters. The summed E-state index contributed by atoms with van der Waals surface area (Å²) in [6, 6.07) is 11.8. The summed E-state index contributed by atoms with van der Waals surface area (Å²) in [5, 5.41) is 4.03. The number of nitrogens with one attached hydrogen (secondary N) is 3. The van der Waals surface area contributed by atoms with E-state index in [2.05, 4.69) is 26.1 Å². The molecule has 0 spiro atoms. The SMILES string of the molecule is Nc1c(NNC(=O)c2ccccc2Cl)ncnc1Nc1cccc(Cl)c1Cl. The number of halogens is 3. The van der Waals surface area contributed by atoms with E-state index in [-0.39, 0.29) is 11.5 Å². The number of benzene rings is 2. The predicted octanol–water partition coefficient (Wildman–Crippen LogP) is 4.52. The maximum atomic E-state index is 12.2. The highest BCUT2D eigenvalue weighted by molar-refractivity contribution is 6.43. The summed E-state index contributed by atoms with van der Waals surface area (Å²) >= 11 is 18.2. The number of nitrogen functional groups attached to an aromatic ring is 1. The molecule has 2 aromatic carbocycles. The number of aromatic nitrogens is 2. The molecule has 138 valence electrons. The first-order valence-corrected chi connectivity index (χ1v) is 8.73. The fraction of sp³-hybridized carbons (Fsp3) is 0. The second-order valence-corrected chi connectivity index (χ2v) is 6.46. The minimum absolute atomic E-state index is 0.174. The van der Waals surface area contributed by atoms with Crippen LogP contribution in [0.4, 0.5) is 23.0 Å². The van der Waals surface area contributed by atoms with E-state index < -0.39 is 5.91 Å². The summed E-state index contributed by atoms with van der Waals surface area (Å²) in [4.78, 5) is 20.3. The standard InChI is InChI=1S/C17H13Cl3N6O/c18-10-5-2-1-4-9(10)17(27)26-25-16-14(21)15(22-8-23-16)24-12-7-3-6-11(19)13(12)20/h1-8H,21H2,(H,26,27)(H2,22,23,24,25). The Morgan fingerprint density at radius 1 is 0.926 bits per heavy atom. The van der Waals surface area contributed by atoms with Gasteiger partial charge in [-0.05, 0) is 24.3 Å². The molecule has 10 heteroatoms. The maximum Gasteiger partial charge on any atom is 0.271 e. The Balaban J connectivity index is 1.76. The van der Waals surface area contributed by atoms with Crippen LogP contribution in [0.5, 0.6) is 0 Å². The number of nitrogens with two attached hydrogens (primary N) is 1. The molecule has 0 saturated carbocycles. The molecule has 3 rings (SSSR count). The van der Waals surface area contributed by atoms with Crippen LogP contribution in [0.25, 0.3) is 0 Å². The molecule has 0 fully saturated rings. The van der Waals surface area contributed by atoms with Gasteiger partial charge in [0.15, 0.2) is 11.6 Å². The molecule has 5 N–H and O–H groups in total. The van der Waals surface area contributed by atoms with Gasteiger partial charge < -0.3 is 11.1 Å². The zero-order valence-electron chi connectivity index (χ0n) is 13.6. The van der Waals surface area contributed by atoms with Crippen LogP contribution in [-0.2, 0) is 0 Å². The van der Waals surface area contributed by atoms with Crippen molar-refractivity contribution in [2.75, 3.05) is 16.5 Å². The average Bonchev–Trinajstić information content (AvgIpc) is 2.66. The van der Waals surface area contributed by atoms with Crippen LogP contribution in [0.3, 0.4) is 0 Å². The van der Waals surface area contributed by atoms with Crippen LogP contribution in [0.1, 0.15) is 10.4 Å². The van der Waals surface area contributed by atoms with Crippen molar-refractivity contribution in [1.29, 1.82) is 0 Å². The Bertz CT molecular complexity index is 998. The summed E-state index contributed by atoms with van der Waals surface area (Å²) in [6.07, 6.45) is 1.28. The molecule has 0 aliphatic carbocycles. The third-order valence-electron chi connectivity index (χ3n) is 3.50. The zero-order chi connectivity index (χ0) is 19.4. The normalized spacial score (nSPS) is 10.3. The van der Waals surface area contributed by atoms with Gasteiger partial charge in [0.05, 0.1) is 26.3 Å². The summed E-state index contributed by atoms with van der Waals surface area (Å²) in [6.45, 7) is 0. The van der Waals surface area contributed by atoms with Crippen LogP contribution in [0.2, 0.25) is 15.1 Å². The van der Waals surface area contributed by atoms with Gasteiger partial charge in [-0.25, -0.2) is 9.97 Å². The molecule has 3 aromatic rings. The van der Waals surface area contributed by atoms with Crippen molar-refractivity contribution < 1.29 is 4.79 Å². The van der Waals surface area contributed by atoms with E-state index in [4.69, 9.17) is 40.5 Å². The van der Waals surface area contributed by atoms with Gasteiger partial charge in [0, 0.05) is 0 Å². The van der Waals surface area contributed by atoms with Crippen molar-refractivity contribution in [1.82, 2.24) is 15.4 Å². The van der Waals surface area contributed by atoms with Gasteiger partial charge in [-0.2, -0.15) is 0 Å². The predicted molar refractivity (Wildman–Crippen MR) is 109 cm³/mol. The number of carbonyl (C=O) groups excluding carboxylic acids is 1. The molecule has 0 saturated heterocycles. The zero-order valence-corrected chi connectivity index (χ0v) is 15.9. The summed E-state index contributed by atoms with van der Waals surface area (Å²) in [7, 11) is 0. The van der Waals surface area contributed by atoms with Gasteiger partial charge in [-0.1, -0.05) is 53.0 Å². The van der Waals surface area contributed by atoms with E-state index in [1.54, 1.807) is 42.5 Å². The quantitative estimate of drug-likeness (QED) is 0.450. The lowest BCUT2D eigenvalue weighted by molar-refractivity contribution is 0.0962. The molecular formula is C17H13Cl3N6O. The largest absolute Gasteiger partial charge is 0.393 e. The number of carbonyl (C=O) groups is 1. The summed E-state index contributed by atoms with van der Waals surface area (Å²) in [5.41, 5.74) is 12.2. The number of anilines is 4. The Hall–Kier alpha value is -2.74. The fourth-order valence-corrected chi connectivity index (χ4v) is 2.72. The maximum absolute atomic E-state index is 12.2. The van der Waals surface area contributed by atoms with E-state index in [0.29, 0.717) is 32.1 Å². The monoisotopic (exact) mass is 422 g/mol. The van der Waals surface area contributed by atoms with Gasteiger partial charge in [0.1, 0.15) is 12.0 Å². The number of nitrogens with zero attached hydrogens (tertiary/aromatic N) is 2. The Kier molecular flexibility index (Phi) is 5.85. The minimum atomic E-state index is -0.439. The first-order chi connectivity index (χ1) is 13.0. The van der Waals surface area contributed by atoms with Crippen LogP contribution in [-0.4, -0.2) is 15.9 Å². The van der Waals surface area contributed by atoms with Crippen LogP contribution in [0, 0.1) is 0 Å². The topological polar surface area (TPSA) is 105 Å². The first-order valence-electron chi connectivity index (χ1n) is 7.59. The molecule has 0 aliphatic rings. The van der Waals surface area contributed by atoms with Crippen molar-refractivity contribution in [2.24, 2.45) is 0 Å². The molecule has 1 aromatic heterocycles. The Morgan fingerprint density at radius 2 is 1.63 bits per heavy atom. The van der Waals surface area contributed by atoms with Crippen molar-refractivity contribution in [3.05, 3.63) is 69.4 Å². The van der Waals surface area contributed by atoms with E-state index >= 15 is 0 Å². The van der Waals surface area contributed by atoms with Crippen molar-refractivity contribution in [2.45, 2.75) is 0 Å². The Labute approximate surface area is 169 Å². The smallest absolute Gasteiger partial charge is 0.271 e. The van der Waals surface area contributed by atoms with Crippen LogP contribution in [0.15, 0.2) is 48.8 Å². The highest BCUT2D eigenvalue weighted by atomic mass is 35.5. The molecule has 0 unspecified atom stereocenters. The number of hydrogen-bond donors (Lipinski definition) is 4. The molecule has 0 bridgehead atoms. The molecule has 27 heavy (non-hydrogen) atoms. The van der Waals surface area contributed by atoms with E-state index in [1.165, 1.54) is 6.33 Å². The molecular weight excluding hydrogens is 411 g/mol. The lowest BCUT2D eigenvalue weighted by Crippen LogP contribution is -2.30. The van der Waals surface area contributed by atoms with E-state index in [9.17, 15) is 4.79 Å². The lowest BCUT2D eigenvalue weighted by atomic mass is 10.2. The lowest BCUT2D eigenvalue weighted by Gasteiger charge is -2.14. The van der Waals surface area contributed by atoms with Gasteiger partial charge in [0.25, 0.3) is 5.91 Å². The number of hydrogen-bond acceptors (Lipinski definition) is 6. The highest BCUT2D eigenvalue weighted by Crippen LogP contribution is 2.33. The number of amides is 1. The highest BCUT2D eigenvalue weighted by Gasteiger charge is 2.13. The van der Waals surface area contributed by atoms with Crippen molar-refractivity contribution in [3.8, 4) is 0 Å². The second kappa shape index (κ2) is 8.30. The molecule has 1 heterocycles. The summed E-state index contributed by atoms with van der Waals surface area (Å²) < 4.78 is 0. The van der Waals surface area contributed by atoms with Crippen molar-refractivity contribution >= 4 is 63.7 Å². The third-order valence-corrected chi connectivity index (χ3v) is 4.65. The first kappa shape index (κ1) is 19.0. The van der Waals surface area contributed by atoms with Crippen LogP contribution >= 0.6 is 34.8 Å². The van der Waals surface area contributed by atoms with Gasteiger partial charge in [-0.15, -0.1) is 0 Å². The third kappa shape index (κ3) is 4.33.